The smallest absolute Gasteiger partial charge is 0.255 e. The van der Waals surface area contributed by atoms with Crippen LogP contribution in [0.3, 0.4) is 0 Å². The van der Waals surface area contributed by atoms with Crippen LogP contribution in [-0.2, 0) is 27.2 Å². The quantitative estimate of drug-likeness (QED) is 0.296. The number of primary amides is 1. The van der Waals surface area contributed by atoms with Crippen LogP contribution in [0.4, 0.5) is 0 Å². The standard InChI is InChI=1S/C36H42N2O8/c1-17-5-7-18(8-6-17)13-20-14-19(9-12-26(20)46-4)22-10-11-25(39)28-23(22)15-21-16-24-30(38(2)3)32(41)29(35(37)44)34(43)36(24,45)33(42)27(21)31(28)40/h9-12,14,17-18,21,24,30,39-40,43,45H,5-8,13,15-16H2,1-4H3,(H2,37,44)/t17?,18?,21-,24-,30-,36-/m1/s1. The third kappa shape index (κ3) is 4.81. The predicted molar refractivity (Wildman–Crippen MR) is 171 cm³/mol. The van der Waals surface area contributed by atoms with Crippen LogP contribution in [0, 0.1) is 23.7 Å². The summed E-state index contributed by atoms with van der Waals surface area (Å²) in [5.74, 6) is -4.57. The molecule has 244 valence electrons. The number of ether oxygens (including phenoxy) is 1. The molecule has 4 aliphatic carbocycles. The van der Waals surface area contributed by atoms with E-state index < -0.39 is 58.0 Å². The van der Waals surface area contributed by atoms with Gasteiger partial charge < -0.3 is 30.9 Å². The van der Waals surface area contributed by atoms with Gasteiger partial charge >= 0.3 is 0 Å². The molecule has 46 heavy (non-hydrogen) atoms. The van der Waals surface area contributed by atoms with Crippen LogP contribution in [0.5, 0.6) is 11.5 Å². The summed E-state index contributed by atoms with van der Waals surface area (Å²) in [6, 6.07) is 8.10. The molecule has 1 amide bonds. The molecule has 2 aromatic rings. The van der Waals surface area contributed by atoms with Crippen LogP contribution in [0.15, 0.2) is 47.2 Å². The Kier molecular flexibility index (Phi) is 8.01. The van der Waals surface area contributed by atoms with Crippen molar-refractivity contribution in [3.05, 3.63) is 63.9 Å². The van der Waals surface area contributed by atoms with Crippen molar-refractivity contribution in [3.63, 3.8) is 0 Å². The number of benzene rings is 2. The van der Waals surface area contributed by atoms with Crippen molar-refractivity contribution in [2.45, 2.75) is 63.5 Å². The SMILES string of the molecule is COc1ccc(-c2ccc(O)c3c2C[C@@H]2C[C@@H]4[C@@H](N(C)C)C(=O)C(C(N)=O)=C(O)[C@]4(O)C(=O)C2=C3O)cc1CC1CCC(C)CC1. The van der Waals surface area contributed by atoms with E-state index >= 15 is 0 Å². The number of ketones is 2. The number of hydrogen-bond donors (Lipinski definition) is 5. The first kappa shape index (κ1) is 31.8. The minimum atomic E-state index is -2.67. The highest BCUT2D eigenvalue weighted by atomic mass is 16.5. The normalized spacial score (nSPS) is 29.4. The second kappa shape index (κ2) is 11.6. The van der Waals surface area contributed by atoms with Gasteiger partial charge in [0.05, 0.1) is 18.7 Å². The summed E-state index contributed by atoms with van der Waals surface area (Å²) >= 11 is 0. The van der Waals surface area contributed by atoms with Gasteiger partial charge in [-0.3, -0.25) is 19.3 Å². The Morgan fingerprint density at radius 1 is 1.07 bits per heavy atom. The van der Waals surface area contributed by atoms with Gasteiger partial charge in [0.25, 0.3) is 5.91 Å². The second-order valence-corrected chi connectivity index (χ2v) is 13.8. The fraction of sp³-hybridized carbons (Fsp3) is 0.472. The minimum absolute atomic E-state index is 0.0365. The number of nitrogens with zero attached hydrogens (tertiary/aromatic N) is 1. The molecule has 4 aliphatic rings. The van der Waals surface area contributed by atoms with Crippen molar-refractivity contribution >= 4 is 23.2 Å². The van der Waals surface area contributed by atoms with Gasteiger partial charge in [-0.2, -0.15) is 0 Å². The molecule has 0 aromatic heterocycles. The monoisotopic (exact) mass is 630 g/mol. The molecule has 10 nitrogen and oxygen atoms in total. The maximum atomic E-state index is 14.1. The van der Waals surface area contributed by atoms with Gasteiger partial charge in [0, 0.05) is 11.5 Å². The third-order valence-electron chi connectivity index (χ3n) is 10.8. The number of Topliss-reactive ketones (excluding diaryl/α,β-unsaturated/α-hetero) is 2. The molecule has 0 aliphatic heterocycles. The number of phenolic OH excluding ortho intramolecular Hbond substituents is 1. The molecule has 4 atom stereocenters. The van der Waals surface area contributed by atoms with E-state index in [1.807, 2.05) is 12.1 Å². The Hall–Kier alpha value is -4.15. The molecule has 0 saturated heterocycles. The average Bonchev–Trinajstić information content (AvgIpc) is 3.00. The number of rotatable bonds is 6. The minimum Gasteiger partial charge on any atom is -0.508 e. The van der Waals surface area contributed by atoms with Crippen molar-refractivity contribution in [2.24, 2.45) is 29.4 Å². The molecule has 0 spiro atoms. The number of amides is 1. The molecular formula is C36H42N2O8. The van der Waals surface area contributed by atoms with Crippen LogP contribution >= 0.6 is 0 Å². The molecule has 6 N–H and O–H groups in total. The van der Waals surface area contributed by atoms with E-state index in [1.165, 1.54) is 23.8 Å². The Morgan fingerprint density at radius 2 is 1.76 bits per heavy atom. The van der Waals surface area contributed by atoms with Crippen LogP contribution in [0.1, 0.15) is 55.7 Å². The highest BCUT2D eigenvalue weighted by Crippen LogP contribution is 2.53. The second-order valence-electron chi connectivity index (χ2n) is 13.8. The summed E-state index contributed by atoms with van der Waals surface area (Å²) in [5, 5.41) is 45.6. The van der Waals surface area contributed by atoms with E-state index in [1.54, 1.807) is 27.3 Å². The van der Waals surface area contributed by atoms with E-state index in [2.05, 4.69) is 13.0 Å². The molecule has 2 saturated carbocycles. The third-order valence-corrected chi connectivity index (χ3v) is 10.8. The molecular weight excluding hydrogens is 588 g/mol. The fourth-order valence-electron chi connectivity index (χ4n) is 8.46. The van der Waals surface area contributed by atoms with Crippen molar-refractivity contribution in [1.29, 1.82) is 0 Å². The first-order valence-electron chi connectivity index (χ1n) is 16.0. The number of fused-ring (bicyclic) bond motifs is 3. The van der Waals surface area contributed by atoms with Gasteiger partial charge in [0.2, 0.25) is 5.78 Å². The van der Waals surface area contributed by atoms with Crippen molar-refractivity contribution in [1.82, 2.24) is 4.90 Å². The molecule has 0 heterocycles. The molecule has 10 heteroatoms. The Balaban J connectivity index is 1.46. The number of aliphatic hydroxyl groups is 3. The van der Waals surface area contributed by atoms with Gasteiger partial charge in [-0.15, -0.1) is 0 Å². The van der Waals surface area contributed by atoms with Gasteiger partial charge in [-0.05, 0) is 104 Å². The summed E-state index contributed by atoms with van der Waals surface area (Å²) in [6.45, 7) is 2.30. The van der Waals surface area contributed by atoms with E-state index in [-0.39, 0.29) is 29.7 Å². The van der Waals surface area contributed by atoms with Gasteiger partial charge in [0.15, 0.2) is 11.4 Å². The highest BCUT2D eigenvalue weighted by molar-refractivity contribution is 6.24. The summed E-state index contributed by atoms with van der Waals surface area (Å²) in [7, 11) is 4.82. The lowest BCUT2D eigenvalue weighted by atomic mass is 9.57. The summed E-state index contributed by atoms with van der Waals surface area (Å²) in [6.07, 6.45) is 5.88. The zero-order valence-electron chi connectivity index (χ0n) is 26.7. The number of aromatic hydroxyl groups is 1. The van der Waals surface area contributed by atoms with Crippen LogP contribution < -0.4 is 10.5 Å². The lowest BCUT2D eigenvalue weighted by Crippen LogP contribution is -2.65. The van der Waals surface area contributed by atoms with E-state index in [0.717, 1.165) is 47.6 Å². The molecule has 0 unspecified atom stereocenters. The molecule has 0 bridgehead atoms. The number of carbonyl (C=O) groups is 3. The zero-order chi connectivity index (χ0) is 33.2. The number of nitrogens with two attached hydrogens (primary N) is 1. The lowest BCUT2D eigenvalue weighted by molar-refractivity contribution is -0.153. The van der Waals surface area contributed by atoms with Crippen molar-refractivity contribution < 1.29 is 39.5 Å². The Morgan fingerprint density at radius 3 is 2.39 bits per heavy atom. The van der Waals surface area contributed by atoms with Gasteiger partial charge in [-0.1, -0.05) is 31.9 Å². The maximum absolute atomic E-state index is 14.1. The largest absolute Gasteiger partial charge is 0.508 e. The number of carbonyl (C=O) groups excluding carboxylic acids is 3. The first-order valence-corrected chi connectivity index (χ1v) is 16.0. The van der Waals surface area contributed by atoms with Gasteiger partial charge in [-0.25, -0.2) is 0 Å². The lowest BCUT2D eigenvalue weighted by Gasteiger charge is -2.50. The number of likely N-dealkylation sites (N-methyl/N-ethyl adjacent to an activating group) is 1. The number of phenols is 1. The first-order chi connectivity index (χ1) is 21.8. The number of aliphatic hydroxyl groups excluding tert-OH is 2. The van der Waals surface area contributed by atoms with Crippen LogP contribution in [0.2, 0.25) is 0 Å². The topological polar surface area (TPSA) is 171 Å². The summed E-state index contributed by atoms with van der Waals surface area (Å²) < 4.78 is 5.73. The summed E-state index contributed by atoms with van der Waals surface area (Å²) in [5.41, 5.74) is 5.19. The molecule has 6 rings (SSSR count). The number of methoxy groups -OCH3 is 1. The number of hydrogen-bond acceptors (Lipinski definition) is 9. The maximum Gasteiger partial charge on any atom is 0.255 e. The van der Waals surface area contributed by atoms with Crippen molar-refractivity contribution in [3.8, 4) is 22.6 Å². The van der Waals surface area contributed by atoms with Crippen molar-refractivity contribution in [2.75, 3.05) is 21.2 Å². The predicted octanol–water partition coefficient (Wildman–Crippen LogP) is 4.01. The van der Waals surface area contributed by atoms with Crippen LogP contribution in [-0.4, -0.2) is 75.6 Å². The average molecular weight is 631 g/mol. The zero-order valence-corrected chi connectivity index (χ0v) is 26.7. The van der Waals surface area contributed by atoms with E-state index in [4.69, 9.17) is 10.5 Å². The molecule has 2 aromatic carbocycles. The summed E-state index contributed by atoms with van der Waals surface area (Å²) in [4.78, 5) is 41.2. The van der Waals surface area contributed by atoms with Gasteiger partial charge in [0.1, 0.15) is 28.6 Å². The highest BCUT2D eigenvalue weighted by Gasteiger charge is 2.64. The Labute approximate surface area is 268 Å². The van der Waals surface area contributed by atoms with E-state index in [9.17, 15) is 34.8 Å². The Bertz CT molecular complexity index is 1700. The van der Waals surface area contributed by atoms with Crippen LogP contribution in [0.25, 0.3) is 16.9 Å². The molecule has 0 radical (unpaired) electrons. The molecule has 2 fully saturated rings. The van der Waals surface area contributed by atoms with E-state index in [0.29, 0.717) is 11.5 Å². The fourth-order valence-corrected chi connectivity index (χ4v) is 8.46.